The number of urea groups is 1. The molecule has 2 aromatic heterocycles. The lowest BCUT2D eigenvalue weighted by atomic mass is 10.2. The van der Waals surface area contributed by atoms with Gasteiger partial charge in [-0.15, -0.1) is 0 Å². The number of halogens is 1. The van der Waals surface area contributed by atoms with Gasteiger partial charge in [0.1, 0.15) is 5.82 Å². The fourth-order valence-electron chi connectivity index (χ4n) is 4.75. The first-order valence-corrected chi connectivity index (χ1v) is 12.1. The van der Waals surface area contributed by atoms with Crippen LogP contribution in [0, 0.1) is 12.8 Å². The first-order chi connectivity index (χ1) is 16.4. The smallest absolute Gasteiger partial charge is 0.327 e. The Morgan fingerprint density at radius 3 is 2.62 bits per heavy atom. The third-order valence-corrected chi connectivity index (χ3v) is 7.20. The van der Waals surface area contributed by atoms with Gasteiger partial charge in [-0.3, -0.25) is 4.90 Å². The molecule has 0 bridgehead atoms. The monoisotopic (exact) mass is 478 g/mol. The molecule has 1 saturated heterocycles. The van der Waals surface area contributed by atoms with E-state index < -0.39 is 0 Å². The van der Waals surface area contributed by atoms with Crippen LogP contribution >= 0.6 is 11.6 Å². The molecule has 6 rings (SSSR count). The second kappa shape index (κ2) is 7.94. The van der Waals surface area contributed by atoms with E-state index in [4.69, 9.17) is 16.6 Å². The summed E-state index contributed by atoms with van der Waals surface area (Å²) in [5, 5.41) is 4.24. The lowest BCUT2D eigenvalue weighted by Crippen LogP contribution is -2.37. The summed E-state index contributed by atoms with van der Waals surface area (Å²) in [6.07, 6.45) is 8.13. The Hall–Kier alpha value is -3.20. The number of hydrogen-bond acceptors (Lipinski definition) is 6. The molecule has 1 aromatic carbocycles. The Morgan fingerprint density at radius 1 is 1.15 bits per heavy atom. The maximum absolute atomic E-state index is 12.9. The number of carbonyl (C=O) groups excluding carboxylic acids is 1. The molecule has 176 valence electrons. The summed E-state index contributed by atoms with van der Waals surface area (Å²) in [6, 6.07) is 7.93. The summed E-state index contributed by atoms with van der Waals surface area (Å²) in [4.78, 5) is 34.8. The molecule has 0 spiro atoms. The van der Waals surface area contributed by atoms with Crippen molar-refractivity contribution in [3.05, 3.63) is 58.9 Å². The molecule has 1 N–H and O–H groups in total. The lowest BCUT2D eigenvalue weighted by Gasteiger charge is -2.22. The highest BCUT2D eigenvalue weighted by molar-refractivity contribution is 6.30. The van der Waals surface area contributed by atoms with Crippen molar-refractivity contribution < 1.29 is 4.79 Å². The van der Waals surface area contributed by atoms with E-state index in [0.29, 0.717) is 30.2 Å². The van der Waals surface area contributed by atoms with Gasteiger partial charge in [0.15, 0.2) is 0 Å². The number of aryl methyl sites for hydroxylation is 1. The molecule has 2 aliphatic carbocycles. The SMILES string of the molecule is Cc1nc(NC2(c3cn(Cc4ccc(Cl)cc4)cn3)CC2)nc(N2C(=O)N(C)C[C@@H]2C2CC2)n1. The topological polar surface area (TPSA) is 92.1 Å². The minimum Gasteiger partial charge on any atom is -0.343 e. The summed E-state index contributed by atoms with van der Waals surface area (Å²) < 4.78 is 2.07. The average molecular weight is 479 g/mol. The highest BCUT2D eigenvalue weighted by Crippen LogP contribution is 2.47. The van der Waals surface area contributed by atoms with E-state index in [-0.39, 0.29) is 17.6 Å². The van der Waals surface area contributed by atoms with Crippen LogP contribution in [-0.4, -0.2) is 55.1 Å². The molecule has 9 nitrogen and oxygen atoms in total. The quantitative estimate of drug-likeness (QED) is 0.554. The highest BCUT2D eigenvalue weighted by atomic mass is 35.5. The van der Waals surface area contributed by atoms with Gasteiger partial charge in [-0.2, -0.15) is 15.0 Å². The van der Waals surface area contributed by atoms with Gasteiger partial charge in [0, 0.05) is 31.4 Å². The summed E-state index contributed by atoms with van der Waals surface area (Å²) >= 11 is 6.00. The lowest BCUT2D eigenvalue weighted by molar-refractivity contribution is 0.229. The van der Waals surface area contributed by atoms with Gasteiger partial charge in [-0.25, -0.2) is 9.78 Å². The van der Waals surface area contributed by atoms with Crippen molar-refractivity contribution in [1.29, 1.82) is 0 Å². The maximum atomic E-state index is 12.9. The van der Waals surface area contributed by atoms with E-state index in [1.54, 1.807) is 9.80 Å². The minimum atomic E-state index is -0.294. The van der Waals surface area contributed by atoms with Gasteiger partial charge < -0.3 is 14.8 Å². The first kappa shape index (κ1) is 21.3. The standard InChI is InChI=1S/C24H27ClN8O/c1-15-27-21(29-22(28-15)33-19(17-5-6-17)12-31(2)23(33)34)30-24(9-10-24)20-13-32(14-26-20)11-16-3-7-18(25)8-4-16/h3-4,7-8,13-14,17,19H,5-6,9-12H2,1-2H3,(H,27,28,29,30)/t19-/m1/s1. The Labute approximate surface area is 203 Å². The Morgan fingerprint density at radius 2 is 1.91 bits per heavy atom. The van der Waals surface area contributed by atoms with Gasteiger partial charge in [-0.05, 0) is 56.2 Å². The molecular formula is C24H27ClN8O. The number of likely N-dealkylation sites (N-methyl/N-ethyl adjacent to an activating group) is 1. The van der Waals surface area contributed by atoms with Gasteiger partial charge in [0.2, 0.25) is 11.9 Å². The Balaban J connectivity index is 1.22. The number of aromatic nitrogens is 5. The minimum absolute atomic E-state index is 0.0458. The number of benzene rings is 1. The molecule has 1 aliphatic heterocycles. The van der Waals surface area contributed by atoms with E-state index >= 15 is 0 Å². The molecule has 34 heavy (non-hydrogen) atoms. The van der Waals surface area contributed by atoms with Crippen molar-refractivity contribution in [2.24, 2.45) is 5.92 Å². The number of anilines is 2. The molecule has 10 heteroatoms. The van der Waals surface area contributed by atoms with Crippen LogP contribution in [-0.2, 0) is 12.1 Å². The molecule has 2 saturated carbocycles. The van der Waals surface area contributed by atoms with E-state index in [1.807, 2.05) is 44.6 Å². The van der Waals surface area contributed by atoms with Crippen LogP contribution in [0.1, 0.15) is 42.8 Å². The van der Waals surface area contributed by atoms with E-state index in [9.17, 15) is 4.79 Å². The molecule has 3 fully saturated rings. The Kier molecular flexibility index (Phi) is 4.98. The molecule has 3 aromatic rings. The molecule has 3 heterocycles. The highest BCUT2D eigenvalue weighted by Gasteiger charge is 2.48. The van der Waals surface area contributed by atoms with Crippen LogP contribution in [0.15, 0.2) is 36.8 Å². The molecule has 0 radical (unpaired) electrons. The van der Waals surface area contributed by atoms with Crippen molar-refractivity contribution in [3.8, 4) is 0 Å². The molecule has 2 amide bonds. The van der Waals surface area contributed by atoms with Crippen molar-refractivity contribution in [2.45, 2.75) is 50.7 Å². The van der Waals surface area contributed by atoms with E-state index in [2.05, 4.69) is 31.0 Å². The number of nitrogens with zero attached hydrogens (tertiary/aromatic N) is 7. The third kappa shape index (κ3) is 3.98. The largest absolute Gasteiger partial charge is 0.343 e. The number of carbonyl (C=O) groups is 1. The summed E-state index contributed by atoms with van der Waals surface area (Å²) in [6.45, 7) is 3.28. The predicted octanol–water partition coefficient (Wildman–Crippen LogP) is 3.83. The van der Waals surface area contributed by atoms with Gasteiger partial charge in [0.25, 0.3) is 0 Å². The van der Waals surface area contributed by atoms with Gasteiger partial charge >= 0.3 is 6.03 Å². The Bertz CT molecular complexity index is 1230. The zero-order valence-corrected chi connectivity index (χ0v) is 20.0. The van der Waals surface area contributed by atoms with Crippen LogP contribution in [0.2, 0.25) is 5.02 Å². The molecule has 3 aliphatic rings. The summed E-state index contributed by atoms with van der Waals surface area (Å²) in [5.74, 6) is 2.05. The van der Waals surface area contributed by atoms with Gasteiger partial charge in [-0.1, -0.05) is 23.7 Å². The van der Waals surface area contributed by atoms with Crippen molar-refractivity contribution in [1.82, 2.24) is 29.4 Å². The zero-order valence-electron chi connectivity index (χ0n) is 19.3. The van der Waals surface area contributed by atoms with Crippen LogP contribution in [0.5, 0.6) is 0 Å². The molecule has 0 unspecified atom stereocenters. The van der Waals surface area contributed by atoms with E-state index in [1.165, 1.54) is 0 Å². The summed E-state index contributed by atoms with van der Waals surface area (Å²) in [7, 11) is 1.84. The number of nitrogens with one attached hydrogen (secondary N) is 1. The summed E-state index contributed by atoms with van der Waals surface area (Å²) in [5.41, 5.74) is 1.83. The zero-order chi connectivity index (χ0) is 23.4. The van der Waals surface area contributed by atoms with Gasteiger partial charge in [0.05, 0.1) is 23.6 Å². The van der Waals surface area contributed by atoms with Crippen molar-refractivity contribution in [2.75, 3.05) is 23.8 Å². The predicted molar refractivity (Wildman–Crippen MR) is 129 cm³/mol. The maximum Gasteiger partial charge on any atom is 0.327 e. The average Bonchev–Trinajstić information content (AvgIpc) is 3.72. The van der Waals surface area contributed by atoms with Crippen LogP contribution < -0.4 is 10.2 Å². The molecule has 1 atom stereocenters. The van der Waals surface area contributed by atoms with Crippen molar-refractivity contribution >= 4 is 29.5 Å². The number of imidazole rings is 1. The molecular weight excluding hydrogens is 452 g/mol. The van der Waals surface area contributed by atoms with E-state index in [0.717, 1.165) is 48.5 Å². The number of hydrogen-bond donors (Lipinski definition) is 1. The van der Waals surface area contributed by atoms with Crippen LogP contribution in [0.25, 0.3) is 0 Å². The fraction of sp³-hybridized carbons (Fsp3) is 0.458. The normalized spacial score (nSPS) is 21.3. The van der Waals surface area contributed by atoms with Crippen molar-refractivity contribution in [3.63, 3.8) is 0 Å². The van der Waals surface area contributed by atoms with Crippen LogP contribution in [0.3, 0.4) is 0 Å². The first-order valence-electron chi connectivity index (χ1n) is 11.7. The number of amides is 2. The third-order valence-electron chi connectivity index (χ3n) is 6.95. The van der Waals surface area contributed by atoms with Crippen LogP contribution in [0.4, 0.5) is 16.7 Å². The second-order valence-electron chi connectivity index (χ2n) is 9.71. The number of rotatable bonds is 7. The fourth-order valence-corrected chi connectivity index (χ4v) is 4.88. The second-order valence-corrected chi connectivity index (χ2v) is 10.1.